The Morgan fingerprint density at radius 1 is 1.39 bits per heavy atom. The van der Waals surface area contributed by atoms with Crippen molar-refractivity contribution >= 4 is 17.7 Å². The topological polar surface area (TPSA) is 70.7 Å². The van der Waals surface area contributed by atoms with Crippen molar-refractivity contribution in [2.75, 3.05) is 5.75 Å². The number of carbonyl (C=O) groups excluding carboxylic acids is 1. The lowest BCUT2D eigenvalue weighted by Crippen LogP contribution is -2.28. The average Bonchev–Trinajstić information content (AvgIpc) is 2.85. The van der Waals surface area contributed by atoms with Crippen LogP contribution in [0.15, 0.2) is 29.4 Å². The first-order valence-electron chi connectivity index (χ1n) is 8.11. The van der Waals surface area contributed by atoms with E-state index >= 15 is 0 Å². The molecule has 1 aliphatic rings. The number of aromatic amines is 1. The summed E-state index contributed by atoms with van der Waals surface area (Å²) in [5, 5.41) is 10.8. The summed E-state index contributed by atoms with van der Waals surface area (Å²) in [6.45, 7) is 1.87. The highest BCUT2D eigenvalue weighted by Crippen LogP contribution is 2.28. The molecular formula is C17H22N4OS. The molecule has 5 nitrogen and oxygen atoms in total. The zero-order valence-electron chi connectivity index (χ0n) is 13.3. The summed E-state index contributed by atoms with van der Waals surface area (Å²) in [6, 6.07) is 8.62. The van der Waals surface area contributed by atoms with E-state index in [0.717, 1.165) is 25.1 Å². The van der Waals surface area contributed by atoms with Gasteiger partial charge < -0.3 is 5.32 Å². The number of benzene rings is 1. The lowest BCUT2D eigenvalue weighted by Gasteiger charge is -2.19. The van der Waals surface area contributed by atoms with Gasteiger partial charge in [0, 0.05) is 12.2 Å². The predicted molar refractivity (Wildman–Crippen MR) is 91.3 cm³/mol. The van der Waals surface area contributed by atoms with Crippen LogP contribution >= 0.6 is 11.8 Å². The largest absolute Gasteiger partial charge is 0.349 e. The SMILES string of the molecule is Cc1nc(SCCC(=O)N[C@@H]2CCCCc3ccccc32)n[nH]1. The normalized spacial score (nSPS) is 17.3. The van der Waals surface area contributed by atoms with Gasteiger partial charge >= 0.3 is 0 Å². The van der Waals surface area contributed by atoms with E-state index in [4.69, 9.17) is 0 Å². The second-order valence-corrected chi connectivity index (χ2v) is 6.93. The van der Waals surface area contributed by atoms with Gasteiger partial charge in [0.25, 0.3) is 0 Å². The fraction of sp³-hybridized carbons (Fsp3) is 0.471. The molecule has 0 saturated carbocycles. The number of H-pyrrole nitrogens is 1. The van der Waals surface area contributed by atoms with Crippen molar-refractivity contribution in [2.24, 2.45) is 0 Å². The summed E-state index contributed by atoms with van der Waals surface area (Å²) in [5.41, 5.74) is 2.66. The Hall–Kier alpha value is -1.82. The molecule has 2 aromatic rings. The van der Waals surface area contributed by atoms with Crippen LogP contribution < -0.4 is 5.32 Å². The van der Waals surface area contributed by atoms with Gasteiger partial charge in [0.05, 0.1) is 6.04 Å². The number of nitrogens with one attached hydrogen (secondary N) is 2. The molecule has 1 heterocycles. The first-order valence-corrected chi connectivity index (χ1v) is 9.10. The maximum atomic E-state index is 12.3. The Bertz CT molecular complexity index is 670. The molecule has 1 aliphatic carbocycles. The van der Waals surface area contributed by atoms with Gasteiger partial charge in [-0.1, -0.05) is 42.4 Å². The van der Waals surface area contributed by atoms with E-state index in [2.05, 4.69) is 44.8 Å². The van der Waals surface area contributed by atoms with E-state index in [9.17, 15) is 4.79 Å². The summed E-state index contributed by atoms with van der Waals surface area (Å²) in [5.74, 6) is 1.59. The van der Waals surface area contributed by atoms with Gasteiger partial charge in [0.2, 0.25) is 11.1 Å². The minimum atomic E-state index is 0.103. The fourth-order valence-corrected chi connectivity index (χ4v) is 3.74. The Kier molecular flexibility index (Phi) is 5.33. The maximum absolute atomic E-state index is 12.3. The molecule has 0 aliphatic heterocycles. The third kappa shape index (κ3) is 4.34. The van der Waals surface area contributed by atoms with E-state index in [1.165, 1.54) is 29.3 Å². The van der Waals surface area contributed by atoms with Gasteiger partial charge in [-0.05, 0) is 37.3 Å². The summed E-state index contributed by atoms with van der Waals surface area (Å²) < 4.78 is 0. The number of hydrogen-bond donors (Lipinski definition) is 2. The second kappa shape index (κ2) is 7.64. The molecule has 1 amide bonds. The molecule has 0 radical (unpaired) electrons. The zero-order valence-corrected chi connectivity index (χ0v) is 14.2. The van der Waals surface area contributed by atoms with E-state index in [0.29, 0.717) is 17.3 Å². The van der Waals surface area contributed by atoms with Gasteiger partial charge in [0.15, 0.2) is 0 Å². The quantitative estimate of drug-likeness (QED) is 0.652. The molecule has 23 heavy (non-hydrogen) atoms. The van der Waals surface area contributed by atoms with Crippen LogP contribution in [0.3, 0.4) is 0 Å². The third-order valence-corrected chi connectivity index (χ3v) is 4.94. The number of amides is 1. The van der Waals surface area contributed by atoms with Gasteiger partial charge in [-0.2, -0.15) is 0 Å². The third-order valence-electron chi connectivity index (χ3n) is 4.09. The highest BCUT2D eigenvalue weighted by Gasteiger charge is 2.19. The Balaban J connectivity index is 1.53. The molecule has 0 bridgehead atoms. The second-order valence-electron chi connectivity index (χ2n) is 5.87. The predicted octanol–water partition coefficient (Wildman–Crippen LogP) is 3.18. The highest BCUT2D eigenvalue weighted by atomic mass is 32.2. The molecule has 3 rings (SSSR count). The number of aryl methyl sites for hydroxylation is 2. The van der Waals surface area contributed by atoms with E-state index < -0.39 is 0 Å². The van der Waals surface area contributed by atoms with Crippen LogP contribution in [0.25, 0.3) is 0 Å². The van der Waals surface area contributed by atoms with Crippen LogP contribution in [0.2, 0.25) is 0 Å². The lowest BCUT2D eigenvalue weighted by atomic mass is 9.99. The highest BCUT2D eigenvalue weighted by molar-refractivity contribution is 7.99. The van der Waals surface area contributed by atoms with Crippen molar-refractivity contribution in [1.82, 2.24) is 20.5 Å². The van der Waals surface area contributed by atoms with Crippen molar-refractivity contribution in [3.8, 4) is 0 Å². The van der Waals surface area contributed by atoms with E-state index in [1.807, 2.05) is 6.92 Å². The number of fused-ring (bicyclic) bond motifs is 1. The number of rotatable bonds is 5. The number of carbonyl (C=O) groups is 1. The summed E-state index contributed by atoms with van der Waals surface area (Å²) in [4.78, 5) is 16.5. The Labute approximate surface area is 140 Å². The van der Waals surface area contributed by atoms with Crippen LogP contribution in [-0.2, 0) is 11.2 Å². The summed E-state index contributed by atoms with van der Waals surface area (Å²) >= 11 is 1.51. The van der Waals surface area contributed by atoms with Gasteiger partial charge in [0.1, 0.15) is 5.82 Å². The summed E-state index contributed by atoms with van der Waals surface area (Å²) in [7, 11) is 0. The standard InChI is InChI=1S/C17H22N4OS/c1-12-18-17(21-20-12)23-11-10-16(22)19-15-9-5-3-7-13-6-2-4-8-14(13)15/h2,4,6,8,15H,3,5,7,9-11H2,1H3,(H,19,22)(H,18,20,21)/t15-/m1/s1. The number of hydrogen-bond acceptors (Lipinski definition) is 4. The van der Waals surface area contributed by atoms with Crippen molar-refractivity contribution in [3.63, 3.8) is 0 Å². The maximum Gasteiger partial charge on any atom is 0.221 e. The average molecular weight is 330 g/mol. The number of aromatic nitrogens is 3. The first-order chi connectivity index (χ1) is 11.2. The van der Waals surface area contributed by atoms with Crippen molar-refractivity contribution in [1.29, 1.82) is 0 Å². The van der Waals surface area contributed by atoms with Crippen LogP contribution in [-0.4, -0.2) is 26.8 Å². The lowest BCUT2D eigenvalue weighted by molar-refractivity contribution is -0.121. The molecule has 0 spiro atoms. The molecule has 1 aromatic carbocycles. The molecule has 0 fully saturated rings. The molecule has 1 aromatic heterocycles. The molecule has 0 unspecified atom stereocenters. The van der Waals surface area contributed by atoms with Crippen molar-refractivity contribution < 1.29 is 4.79 Å². The van der Waals surface area contributed by atoms with Crippen LogP contribution in [0.5, 0.6) is 0 Å². The minimum Gasteiger partial charge on any atom is -0.349 e. The molecule has 2 N–H and O–H groups in total. The van der Waals surface area contributed by atoms with Gasteiger partial charge in [-0.3, -0.25) is 9.89 Å². The van der Waals surface area contributed by atoms with Crippen LogP contribution in [0.4, 0.5) is 0 Å². The number of nitrogens with zero attached hydrogens (tertiary/aromatic N) is 2. The smallest absolute Gasteiger partial charge is 0.221 e. The zero-order chi connectivity index (χ0) is 16.1. The van der Waals surface area contributed by atoms with Crippen LogP contribution in [0.1, 0.15) is 48.7 Å². The Morgan fingerprint density at radius 3 is 3.09 bits per heavy atom. The molecular weight excluding hydrogens is 308 g/mol. The molecule has 122 valence electrons. The van der Waals surface area contributed by atoms with E-state index in [1.54, 1.807) is 0 Å². The fourth-order valence-electron chi connectivity index (χ4n) is 2.96. The van der Waals surface area contributed by atoms with Crippen molar-refractivity contribution in [3.05, 3.63) is 41.2 Å². The van der Waals surface area contributed by atoms with Crippen LogP contribution in [0, 0.1) is 6.92 Å². The van der Waals surface area contributed by atoms with E-state index in [-0.39, 0.29) is 11.9 Å². The molecule has 1 atom stereocenters. The summed E-state index contributed by atoms with van der Waals surface area (Å²) in [6.07, 6.45) is 4.98. The van der Waals surface area contributed by atoms with Crippen molar-refractivity contribution in [2.45, 2.75) is 50.2 Å². The Morgan fingerprint density at radius 2 is 2.26 bits per heavy atom. The van der Waals surface area contributed by atoms with Gasteiger partial charge in [-0.15, -0.1) is 5.10 Å². The molecule has 6 heteroatoms. The minimum absolute atomic E-state index is 0.103. The first kappa shape index (κ1) is 16.1. The molecule has 0 saturated heterocycles. The van der Waals surface area contributed by atoms with Gasteiger partial charge in [-0.25, -0.2) is 4.98 Å². The monoisotopic (exact) mass is 330 g/mol. The number of thioether (sulfide) groups is 1.